The van der Waals surface area contributed by atoms with Crippen molar-refractivity contribution in [1.29, 1.82) is 0 Å². The van der Waals surface area contributed by atoms with Gasteiger partial charge in [0.2, 0.25) is 0 Å². The van der Waals surface area contributed by atoms with E-state index in [1.807, 2.05) is 35.2 Å². The number of hydrogen-bond donors (Lipinski definition) is 2. The van der Waals surface area contributed by atoms with Crippen LogP contribution >= 0.6 is 21.7 Å². The summed E-state index contributed by atoms with van der Waals surface area (Å²) in [6.07, 6.45) is 1.13. The van der Waals surface area contributed by atoms with E-state index in [0.717, 1.165) is 11.3 Å². The second-order valence-electron chi connectivity index (χ2n) is 4.93. The van der Waals surface area contributed by atoms with E-state index in [2.05, 4.69) is 30.2 Å². The van der Waals surface area contributed by atoms with Gasteiger partial charge in [-0.2, -0.15) is 0 Å². The van der Waals surface area contributed by atoms with Crippen molar-refractivity contribution in [2.45, 2.75) is 19.2 Å². The number of benzene rings is 1. The number of aliphatic hydroxyl groups excluding tert-OH is 1. The number of phenols is 1. The first kappa shape index (κ1) is 23.2. The van der Waals surface area contributed by atoms with Gasteiger partial charge in [-0.15, -0.1) is 11.6 Å². The molecule has 1 unspecified atom stereocenters. The van der Waals surface area contributed by atoms with Gasteiger partial charge < -0.3 is 17.6 Å². The van der Waals surface area contributed by atoms with Crippen molar-refractivity contribution in [3.63, 3.8) is 0 Å². The van der Waals surface area contributed by atoms with Crippen LogP contribution in [0.4, 0.5) is 0 Å². The number of para-hydroxylation sites is 1. The molecule has 7 heteroatoms. The van der Waals surface area contributed by atoms with Crippen LogP contribution in [0.25, 0.3) is 0 Å². The molecule has 2 rings (SSSR count). The van der Waals surface area contributed by atoms with Crippen LogP contribution in [-0.2, 0) is 28.2 Å². The van der Waals surface area contributed by atoms with Crippen molar-refractivity contribution in [2.24, 2.45) is 0 Å². The molecule has 0 saturated carbocycles. The minimum atomic E-state index is -0.610. The molecule has 0 radical (unpaired) electrons. The molecular formula is C17H22Cl2CuN2O2. The maximum absolute atomic E-state index is 9.89. The molecule has 2 aromatic rings. The van der Waals surface area contributed by atoms with Gasteiger partial charge in [0, 0.05) is 37.3 Å². The van der Waals surface area contributed by atoms with Crippen LogP contribution < -0.4 is 0 Å². The summed E-state index contributed by atoms with van der Waals surface area (Å²) in [5.74, 6) is 0.434. The Morgan fingerprint density at radius 1 is 1.08 bits per heavy atom. The summed E-state index contributed by atoms with van der Waals surface area (Å²) in [5.41, 5.74) is 1.73. The van der Waals surface area contributed by atoms with Crippen molar-refractivity contribution >= 4 is 21.7 Å². The van der Waals surface area contributed by atoms with Gasteiger partial charge in [0.1, 0.15) is 5.75 Å². The van der Waals surface area contributed by atoms with Gasteiger partial charge >= 0.3 is 25.2 Å². The predicted molar refractivity (Wildman–Crippen MR) is 95.5 cm³/mol. The molecule has 0 aliphatic heterocycles. The number of hydrogen-bond acceptors (Lipinski definition) is 4. The first-order chi connectivity index (χ1) is 11.2. The van der Waals surface area contributed by atoms with Gasteiger partial charge in [0.15, 0.2) is 0 Å². The SMILES string of the molecule is Oc1ccccc1CN(Cc1ccccn1)CC(O)CCl.[CH3-].[Cl][Cu+]. The Hall–Kier alpha value is -0.811. The molecule has 0 saturated heterocycles. The molecule has 1 aromatic heterocycles. The Bertz CT molecular complexity index is 561. The molecule has 0 spiro atoms. The first-order valence-corrected chi connectivity index (χ1v) is 8.76. The van der Waals surface area contributed by atoms with Crippen LogP contribution in [-0.4, -0.2) is 38.6 Å². The Kier molecular flexibility index (Phi) is 13.0. The summed E-state index contributed by atoms with van der Waals surface area (Å²) < 4.78 is 0. The van der Waals surface area contributed by atoms with E-state index in [1.165, 1.54) is 0 Å². The van der Waals surface area contributed by atoms with E-state index in [9.17, 15) is 10.2 Å². The van der Waals surface area contributed by atoms with E-state index in [0.29, 0.717) is 19.6 Å². The van der Waals surface area contributed by atoms with Crippen molar-refractivity contribution < 1.29 is 25.3 Å². The van der Waals surface area contributed by atoms with Gasteiger partial charge in [-0.3, -0.25) is 9.88 Å². The molecule has 0 aliphatic carbocycles. The van der Waals surface area contributed by atoms with E-state index in [1.54, 1.807) is 18.3 Å². The number of alkyl halides is 1. The molecule has 1 heterocycles. The third kappa shape index (κ3) is 8.34. The number of pyridine rings is 1. The Labute approximate surface area is 161 Å². The number of aliphatic hydroxyl groups is 1. The van der Waals surface area contributed by atoms with Gasteiger partial charge in [-0.25, -0.2) is 0 Å². The van der Waals surface area contributed by atoms with Crippen molar-refractivity contribution in [3.05, 3.63) is 67.3 Å². The number of halogens is 2. The van der Waals surface area contributed by atoms with Gasteiger partial charge in [-0.05, 0) is 18.2 Å². The predicted octanol–water partition coefficient (Wildman–Crippen LogP) is 3.53. The summed E-state index contributed by atoms with van der Waals surface area (Å²) in [4.78, 5) is 6.32. The Morgan fingerprint density at radius 3 is 2.33 bits per heavy atom. The van der Waals surface area contributed by atoms with E-state index >= 15 is 0 Å². The standard InChI is InChI=1S/C16H19ClN2O2.CH3.ClH.Cu/c17-9-15(20)12-19(11-14-6-3-4-8-18-14)10-13-5-1-2-7-16(13)21;;;/h1-8,15,20-21H,9-12H2;1H3;1H;/q;-1;;+2/p-1. The van der Waals surface area contributed by atoms with Gasteiger partial charge in [0.05, 0.1) is 11.8 Å². The van der Waals surface area contributed by atoms with Crippen LogP contribution in [0.3, 0.4) is 0 Å². The number of nitrogens with zero attached hydrogens (tertiary/aromatic N) is 2. The zero-order valence-electron chi connectivity index (χ0n) is 13.4. The van der Waals surface area contributed by atoms with Crippen LogP contribution in [0, 0.1) is 7.43 Å². The molecular weight excluding hydrogens is 399 g/mol. The van der Waals surface area contributed by atoms with Crippen LogP contribution in [0.2, 0.25) is 0 Å². The second-order valence-corrected chi connectivity index (χ2v) is 5.24. The molecule has 0 aliphatic rings. The topological polar surface area (TPSA) is 56.6 Å². The van der Waals surface area contributed by atoms with Crippen molar-refractivity contribution in [1.82, 2.24) is 9.88 Å². The van der Waals surface area contributed by atoms with Crippen LogP contribution in [0.5, 0.6) is 5.75 Å². The molecule has 1 aromatic carbocycles. The van der Waals surface area contributed by atoms with Crippen molar-refractivity contribution in [2.75, 3.05) is 12.4 Å². The van der Waals surface area contributed by atoms with E-state index in [4.69, 9.17) is 11.6 Å². The van der Waals surface area contributed by atoms with E-state index < -0.39 is 6.10 Å². The molecule has 0 fully saturated rings. The average molecular weight is 421 g/mol. The normalized spacial score (nSPS) is 11.2. The first-order valence-electron chi connectivity index (χ1n) is 6.93. The van der Waals surface area contributed by atoms with E-state index in [-0.39, 0.29) is 19.1 Å². The molecule has 0 bridgehead atoms. The summed E-state index contributed by atoms with van der Waals surface area (Å²) in [7, 11) is 4.20. The summed E-state index contributed by atoms with van der Waals surface area (Å²) in [6.45, 7) is 1.54. The fourth-order valence-corrected chi connectivity index (χ4v) is 2.24. The number of rotatable bonds is 7. The fraction of sp³-hybridized carbons (Fsp3) is 0.294. The molecule has 1 atom stereocenters. The fourth-order valence-electron chi connectivity index (χ4n) is 2.14. The zero-order chi connectivity index (χ0) is 17.1. The third-order valence-electron chi connectivity index (χ3n) is 3.14. The third-order valence-corrected chi connectivity index (χ3v) is 3.50. The zero-order valence-corrected chi connectivity index (χ0v) is 15.8. The minimum absolute atomic E-state index is 0. The number of phenolic OH excluding ortho intramolecular Hbond substituents is 1. The van der Waals surface area contributed by atoms with Crippen LogP contribution in [0.15, 0.2) is 48.7 Å². The summed E-state index contributed by atoms with van der Waals surface area (Å²) >= 11 is 9.35. The Balaban J connectivity index is 0.00000170. The maximum atomic E-state index is 9.89. The monoisotopic (exact) mass is 419 g/mol. The van der Waals surface area contributed by atoms with Crippen LogP contribution in [0.1, 0.15) is 11.3 Å². The quantitative estimate of drug-likeness (QED) is 0.409. The van der Waals surface area contributed by atoms with Gasteiger partial charge in [-0.1, -0.05) is 24.3 Å². The summed E-state index contributed by atoms with van der Waals surface area (Å²) in [5, 5.41) is 19.7. The second kappa shape index (κ2) is 13.5. The molecule has 24 heavy (non-hydrogen) atoms. The molecule has 0 amide bonds. The number of aromatic nitrogens is 1. The van der Waals surface area contributed by atoms with Crippen molar-refractivity contribution in [3.8, 4) is 5.75 Å². The molecule has 4 nitrogen and oxygen atoms in total. The average Bonchev–Trinajstić information content (AvgIpc) is 2.59. The summed E-state index contributed by atoms with van der Waals surface area (Å²) in [6, 6.07) is 12.9. The van der Waals surface area contributed by atoms with Gasteiger partial charge in [0.25, 0.3) is 0 Å². The molecule has 137 valence electrons. The Morgan fingerprint density at radius 2 is 1.75 bits per heavy atom. The molecule has 2 N–H and O–H groups in total. The number of aromatic hydroxyl groups is 1.